The second-order valence-electron chi connectivity index (χ2n) is 6.78. The van der Waals surface area contributed by atoms with E-state index in [2.05, 4.69) is 20.3 Å². The van der Waals surface area contributed by atoms with E-state index >= 15 is 0 Å². The van der Waals surface area contributed by atoms with Gasteiger partial charge in [0, 0.05) is 25.8 Å². The second-order valence-corrected chi connectivity index (χ2v) is 6.78. The molecule has 4 rings (SSSR count). The van der Waals surface area contributed by atoms with Crippen LogP contribution in [0.2, 0.25) is 0 Å². The summed E-state index contributed by atoms with van der Waals surface area (Å²) < 4.78 is 6.36. The van der Waals surface area contributed by atoms with Gasteiger partial charge >= 0.3 is 0 Å². The molecule has 0 atom stereocenters. The van der Waals surface area contributed by atoms with Crippen LogP contribution in [0.15, 0.2) is 52.2 Å². The maximum absolute atomic E-state index is 12.5. The summed E-state index contributed by atoms with van der Waals surface area (Å²) in [4.78, 5) is 43.4. The van der Waals surface area contributed by atoms with Gasteiger partial charge in [0.1, 0.15) is 12.4 Å². The summed E-state index contributed by atoms with van der Waals surface area (Å²) in [5, 5.41) is 5.79. The summed E-state index contributed by atoms with van der Waals surface area (Å²) in [6, 6.07) is 10.3. The molecule has 0 saturated carbocycles. The zero-order valence-electron chi connectivity index (χ0n) is 15.8. The summed E-state index contributed by atoms with van der Waals surface area (Å²) in [6.45, 7) is 3.01. The number of fused-ring (bicyclic) bond motifs is 1. The molecule has 0 spiro atoms. The minimum atomic E-state index is -0.410. The van der Waals surface area contributed by atoms with Crippen molar-refractivity contribution in [1.82, 2.24) is 20.1 Å². The number of H-pyrrole nitrogens is 1. The zero-order valence-corrected chi connectivity index (χ0v) is 15.8. The molecule has 1 aromatic carbocycles. The molecule has 150 valence electrons. The number of hydrogen-bond donors (Lipinski definition) is 2. The van der Waals surface area contributed by atoms with E-state index in [1.807, 2.05) is 12.1 Å². The largest absolute Gasteiger partial charge is 0.378 e. The molecule has 1 fully saturated rings. The Morgan fingerprint density at radius 2 is 1.86 bits per heavy atom. The van der Waals surface area contributed by atoms with E-state index in [9.17, 15) is 14.4 Å². The van der Waals surface area contributed by atoms with E-state index in [0.29, 0.717) is 18.6 Å². The number of rotatable bonds is 5. The molecule has 9 heteroatoms. The Hall–Kier alpha value is -3.46. The quantitative estimate of drug-likeness (QED) is 0.641. The fraction of sp³-hybridized carbons (Fsp3) is 0.300. The Balaban J connectivity index is 1.39. The lowest BCUT2D eigenvalue weighted by Gasteiger charge is -2.27. The van der Waals surface area contributed by atoms with Gasteiger partial charge < -0.3 is 15.0 Å². The SMILES string of the molecule is O=C(Cn1[nH]c(=O)c2ccccc2c1=O)NCc1ccc(N2CCOCC2)nc1. The van der Waals surface area contributed by atoms with E-state index < -0.39 is 11.1 Å². The van der Waals surface area contributed by atoms with Crippen LogP contribution in [-0.2, 0) is 22.6 Å². The summed E-state index contributed by atoms with van der Waals surface area (Å²) in [7, 11) is 0. The number of carbonyl (C=O) groups is 1. The Morgan fingerprint density at radius 1 is 1.10 bits per heavy atom. The average Bonchev–Trinajstić information content (AvgIpc) is 2.77. The summed E-state index contributed by atoms with van der Waals surface area (Å²) in [6.07, 6.45) is 1.72. The topological polar surface area (TPSA) is 109 Å². The average molecular weight is 395 g/mol. The standard InChI is InChI=1S/C20H21N5O4/c26-18(13-25-20(28)16-4-2-1-3-15(16)19(27)23-25)22-12-14-5-6-17(21-11-14)24-7-9-29-10-8-24/h1-6,11H,7-10,12-13H2,(H,22,26)(H,23,27). The van der Waals surface area contributed by atoms with Crippen LogP contribution in [0, 0.1) is 0 Å². The third-order valence-electron chi connectivity index (χ3n) is 4.82. The number of aromatic amines is 1. The van der Waals surface area contributed by atoms with Gasteiger partial charge in [0.15, 0.2) is 0 Å². The first kappa shape index (κ1) is 18.9. The van der Waals surface area contributed by atoms with Gasteiger partial charge in [-0.2, -0.15) is 0 Å². The molecule has 3 aromatic rings. The monoisotopic (exact) mass is 395 g/mol. The Kier molecular flexibility index (Phi) is 5.39. The molecule has 2 aromatic heterocycles. The van der Waals surface area contributed by atoms with Crippen molar-refractivity contribution in [1.29, 1.82) is 0 Å². The third kappa shape index (κ3) is 4.19. The summed E-state index contributed by atoms with van der Waals surface area (Å²) >= 11 is 0. The number of hydrogen-bond acceptors (Lipinski definition) is 6. The van der Waals surface area contributed by atoms with E-state index in [1.54, 1.807) is 30.5 Å². The van der Waals surface area contributed by atoms with Crippen molar-refractivity contribution in [3.63, 3.8) is 0 Å². The van der Waals surface area contributed by atoms with Crippen molar-refractivity contribution in [2.45, 2.75) is 13.1 Å². The smallest absolute Gasteiger partial charge is 0.273 e. The zero-order chi connectivity index (χ0) is 20.2. The molecular weight excluding hydrogens is 374 g/mol. The van der Waals surface area contributed by atoms with Crippen LogP contribution < -0.4 is 21.3 Å². The van der Waals surface area contributed by atoms with Crippen LogP contribution in [-0.4, -0.2) is 47.0 Å². The van der Waals surface area contributed by atoms with Crippen LogP contribution in [0.3, 0.4) is 0 Å². The minimum absolute atomic E-state index is 0.266. The number of carbonyl (C=O) groups excluding carboxylic acids is 1. The van der Waals surface area contributed by atoms with E-state index in [1.165, 1.54) is 0 Å². The maximum atomic E-state index is 12.5. The van der Waals surface area contributed by atoms with Crippen LogP contribution >= 0.6 is 0 Å². The lowest BCUT2D eigenvalue weighted by Crippen LogP contribution is -2.37. The van der Waals surface area contributed by atoms with Crippen LogP contribution in [0.4, 0.5) is 5.82 Å². The number of nitrogens with one attached hydrogen (secondary N) is 2. The number of nitrogens with zero attached hydrogens (tertiary/aromatic N) is 3. The predicted octanol–water partition coefficient (Wildman–Crippen LogP) is 0.238. The Bertz CT molecular complexity index is 1130. The highest BCUT2D eigenvalue weighted by Crippen LogP contribution is 2.13. The molecule has 29 heavy (non-hydrogen) atoms. The van der Waals surface area contributed by atoms with Gasteiger partial charge in [-0.15, -0.1) is 0 Å². The molecule has 9 nitrogen and oxygen atoms in total. The molecule has 2 N–H and O–H groups in total. The number of ether oxygens (including phenoxy) is 1. The lowest BCUT2D eigenvalue weighted by atomic mass is 10.2. The maximum Gasteiger partial charge on any atom is 0.273 e. The van der Waals surface area contributed by atoms with Crippen molar-refractivity contribution in [2.24, 2.45) is 0 Å². The molecule has 0 aliphatic carbocycles. The molecule has 1 aliphatic heterocycles. The van der Waals surface area contributed by atoms with Gasteiger partial charge in [-0.1, -0.05) is 18.2 Å². The molecule has 0 bridgehead atoms. The van der Waals surface area contributed by atoms with Gasteiger partial charge in [0.25, 0.3) is 11.1 Å². The molecule has 3 heterocycles. The van der Waals surface area contributed by atoms with Gasteiger partial charge in [0.05, 0.1) is 24.0 Å². The first-order valence-corrected chi connectivity index (χ1v) is 9.38. The number of aromatic nitrogens is 3. The minimum Gasteiger partial charge on any atom is -0.378 e. The Labute approximate surface area is 165 Å². The molecule has 1 aliphatic rings. The van der Waals surface area contributed by atoms with Crippen molar-refractivity contribution in [2.75, 3.05) is 31.2 Å². The van der Waals surface area contributed by atoms with Crippen molar-refractivity contribution < 1.29 is 9.53 Å². The molecule has 0 unspecified atom stereocenters. The van der Waals surface area contributed by atoms with Crippen LogP contribution in [0.1, 0.15) is 5.56 Å². The van der Waals surface area contributed by atoms with E-state index in [-0.39, 0.29) is 24.4 Å². The third-order valence-corrected chi connectivity index (χ3v) is 4.82. The number of morpholine rings is 1. The summed E-state index contributed by atoms with van der Waals surface area (Å²) in [5.74, 6) is 0.499. The number of benzene rings is 1. The molecule has 1 saturated heterocycles. The van der Waals surface area contributed by atoms with Gasteiger partial charge in [-0.05, 0) is 23.8 Å². The number of amides is 1. The van der Waals surface area contributed by atoms with Crippen LogP contribution in [0.5, 0.6) is 0 Å². The van der Waals surface area contributed by atoms with Gasteiger partial charge in [-0.3, -0.25) is 19.5 Å². The normalized spacial score (nSPS) is 14.1. The highest BCUT2D eigenvalue weighted by atomic mass is 16.5. The molecule has 0 radical (unpaired) electrons. The highest BCUT2D eigenvalue weighted by molar-refractivity contribution is 5.81. The van der Waals surface area contributed by atoms with Gasteiger partial charge in [0.2, 0.25) is 5.91 Å². The van der Waals surface area contributed by atoms with Crippen LogP contribution in [0.25, 0.3) is 10.8 Å². The fourth-order valence-corrected chi connectivity index (χ4v) is 3.26. The Morgan fingerprint density at radius 3 is 2.59 bits per heavy atom. The number of pyridine rings is 1. The van der Waals surface area contributed by atoms with E-state index in [4.69, 9.17) is 4.74 Å². The first-order valence-electron chi connectivity index (χ1n) is 9.38. The molecule has 1 amide bonds. The molecular formula is C20H21N5O4. The number of anilines is 1. The summed E-state index contributed by atoms with van der Waals surface area (Å²) in [5.41, 5.74) is 0.0255. The highest BCUT2D eigenvalue weighted by Gasteiger charge is 2.13. The van der Waals surface area contributed by atoms with E-state index in [0.717, 1.165) is 29.2 Å². The van der Waals surface area contributed by atoms with Crippen molar-refractivity contribution in [3.8, 4) is 0 Å². The second kappa shape index (κ2) is 8.27. The van der Waals surface area contributed by atoms with Gasteiger partial charge in [-0.25, -0.2) is 9.67 Å². The van der Waals surface area contributed by atoms with Crippen molar-refractivity contribution >= 4 is 22.5 Å². The first-order chi connectivity index (χ1) is 14.1. The van der Waals surface area contributed by atoms with Crippen molar-refractivity contribution in [3.05, 3.63) is 68.9 Å². The predicted molar refractivity (Wildman–Crippen MR) is 108 cm³/mol. The lowest BCUT2D eigenvalue weighted by molar-refractivity contribution is -0.122. The fourth-order valence-electron chi connectivity index (χ4n) is 3.26.